The fraction of sp³-hybridized carbons (Fsp3) is 0.846. The molecule has 0 aliphatic heterocycles. The van der Waals surface area contributed by atoms with Gasteiger partial charge in [-0.05, 0) is 24.7 Å². The molecule has 0 spiro atoms. The summed E-state index contributed by atoms with van der Waals surface area (Å²) < 4.78 is 0. The number of amides is 1. The van der Waals surface area contributed by atoms with E-state index in [0.29, 0.717) is 18.1 Å². The molecule has 4 nitrogen and oxygen atoms in total. The standard InChI is InChI=1S/C13H25NO3S/c1-8(2)5-10(7-18)12(15)14-11(13(16)17)6-9(3)4/h8-11,18H,5-7H2,1-4H3,(H,14,15)(H,16,17)/t10?,11-/m0/s1. The number of carboxylic acids is 1. The van der Waals surface area contributed by atoms with Crippen LogP contribution < -0.4 is 5.32 Å². The summed E-state index contributed by atoms with van der Waals surface area (Å²) in [7, 11) is 0. The molecule has 106 valence electrons. The van der Waals surface area contributed by atoms with Crippen molar-refractivity contribution in [3.8, 4) is 0 Å². The molecular formula is C13H25NO3S. The van der Waals surface area contributed by atoms with E-state index in [9.17, 15) is 9.59 Å². The van der Waals surface area contributed by atoms with Crippen LogP contribution in [0.3, 0.4) is 0 Å². The third-order valence-electron chi connectivity index (χ3n) is 2.67. The molecule has 2 N–H and O–H groups in total. The van der Waals surface area contributed by atoms with Gasteiger partial charge in [0.1, 0.15) is 6.04 Å². The van der Waals surface area contributed by atoms with Crippen molar-refractivity contribution in [2.75, 3.05) is 5.75 Å². The first kappa shape index (κ1) is 17.3. The van der Waals surface area contributed by atoms with Crippen LogP contribution in [0, 0.1) is 17.8 Å². The average Bonchev–Trinajstić information content (AvgIpc) is 2.23. The van der Waals surface area contributed by atoms with Crippen LogP contribution in [0.5, 0.6) is 0 Å². The van der Waals surface area contributed by atoms with E-state index in [0.717, 1.165) is 6.42 Å². The van der Waals surface area contributed by atoms with E-state index in [1.807, 2.05) is 27.7 Å². The highest BCUT2D eigenvalue weighted by Crippen LogP contribution is 2.14. The molecule has 0 heterocycles. The molecule has 5 heteroatoms. The second-order valence-electron chi connectivity index (χ2n) is 5.54. The molecule has 1 unspecified atom stereocenters. The van der Waals surface area contributed by atoms with E-state index in [4.69, 9.17) is 5.11 Å². The van der Waals surface area contributed by atoms with Crippen molar-refractivity contribution in [3.63, 3.8) is 0 Å². The van der Waals surface area contributed by atoms with Gasteiger partial charge in [0.25, 0.3) is 0 Å². The van der Waals surface area contributed by atoms with Crippen molar-refractivity contribution in [1.29, 1.82) is 0 Å². The predicted molar refractivity (Wildman–Crippen MR) is 75.8 cm³/mol. The third kappa shape index (κ3) is 6.89. The molecule has 18 heavy (non-hydrogen) atoms. The summed E-state index contributed by atoms with van der Waals surface area (Å²) in [5.74, 6) is -0.335. The fourth-order valence-electron chi connectivity index (χ4n) is 1.82. The Hall–Kier alpha value is -0.710. The van der Waals surface area contributed by atoms with Gasteiger partial charge >= 0.3 is 5.97 Å². The van der Waals surface area contributed by atoms with Crippen LogP contribution in [0.25, 0.3) is 0 Å². The van der Waals surface area contributed by atoms with E-state index in [-0.39, 0.29) is 17.7 Å². The number of carbonyl (C=O) groups is 2. The Balaban J connectivity index is 4.51. The Morgan fingerprint density at radius 1 is 1.11 bits per heavy atom. The number of thiol groups is 1. The van der Waals surface area contributed by atoms with Crippen molar-refractivity contribution >= 4 is 24.5 Å². The SMILES string of the molecule is CC(C)CC(CS)C(=O)N[C@@H](CC(C)C)C(=O)O. The van der Waals surface area contributed by atoms with E-state index in [1.165, 1.54) is 0 Å². The predicted octanol–water partition coefficient (Wildman–Crippen LogP) is 2.19. The van der Waals surface area contributed by atoms with Crippen LogP contribution in [0.15, 0.2) is 0 Å². The number of rotatable bonds is 8. The van der Waals surface area contributed by atoms with Gasteiger partial charge in [-0.1, -0.05) is 27.7 Å². The average molecular weight is 275 g/mol. The highest BCUT2D eigenvalue weighted by molar-refractivity contribution is 7.80. The van der Waals surface area contributed by atoms with Crippen molar-refractivity contribution in [2.45, 2.75) is 46.6 Å². The first-order valence-corrected chi connectivity index (χ1v) is 7.05. The van der Waals surface area contributed by atoms with Gasteiger partial charge in [-0.15, -0.1) is 0 Å². The summed E-state index contributed by atoms with van der Waals surface area (Å²) >= 11 is 4.17. The fourth-order valence-corrected chi connectivity index (χ4v) is 2.13. The second-order valence-corrected chi connectivity index (χ2v) is 5.90. The lowest BCUT2D eigenvalue weighted by molar-refractivity contribution is -0.142. The summed E-state index contributed by atoms with van der Waals surface area (Å²) in [6, 6.07) is -0.799. The number of carbonyl (C=O) groups excluding carboxylic acids is 1. The van der Waals surface area contributed by atoms with E-state index >= 15 is 0 Å². The lowest BCUT2D eigenvalue weighted by atomic mass is 9.96. The van der Waals surface area contributed by atoms with Gasteiger partial charge < -0.3 is 10.4 Å². The maximum atomic E-state index is 12.0. The molecule has 0 saturated heterocycles. The molecule has 0 aromatic rings. The topological polar surface area (TPSA) is 66.4 Å². The van der Waals surface area contributed by atoms with Gasteiger partial charge in [0, 0.05) is 11.7 Å². The van der Waals surface area contributed by atoms with E-state index in [2.05, 4.69) is 17.9 Å². The number of aliphatic carboxylic acids is 1. The molecule has 0 aromatic heterocycles. The zero-order chi connectivity index (χ0) is 14.3. The largest absolute Gasteiger partial charge is 0.480 e. The first-order valence-electron chi connectivity index (χ1n) is 6.41. The minimum Gasteiger partial charge on any atom is -0.480 e. The van der Waals surface area contributed by atoms with Crippen LogP contribution >= 0.6 is 12.6 Å². The third-order valence-corrected chi connectivity index (χ3v) is 3.11. The van der Waals surface area contributed by atoms with Crippen LogP contribution in [0.2, 0.25) is 0 Å². The first-order chi connectivity index (χ1) is 8.27. The number of nitrogens with one attached hydrogen (secondary N) is 1. The maximum absolute atomic E-state index is 12.0. The Bertz CT molecular complexity index is 279. The minimum atomic E-state index is -0.973. The van der Waals surface area contributed by atoms with Crippen LogP contribution in [0.1, 0.15) is 40.5 Å². The van der Waals surface area contributed by atoms with E-state index < -0.39 is 12.0 Å². The molecule has 0 aliphatic carbocycles. The molecule has 1 amide bonds. The Kier molecular flexibility index (Phi) is 8.07. The van der Waals surface area contributed by atoms with Gasteiger partial charge in [-0.2, -0.15) is 12.6 Å². The van der Waals surface area contributed by atoms with Gasteiger partial charge in [-0.3, -0.25) is 4.79 Å². The molecule has 0 bridgehead atoms. The molecular weight excluding hydrogens is 250 g/mol. The van der Waals surface area contributed by atoms with Crippen molar-refractivity contribution in [1.82, 2.24) is 5.32 Å². The lowest BCUT2D eigenvalue weighted by Gasteiger charge is -2.21. The Morgan fingerprint density at radius 3 is 1.94 bits per heavy atom. The van der Waals surface area contributed by atoms with Crippen molar-refractivity contribution in [3.05, 3.63) is 0 Å². The second kappa shape index (κ2) is 8.40. The highest BCUT2D eigenvalue weighted by atomic mass is 32.1. The number of hydrogen-bond donors (Lipinski definition) is 3. The van der Waals surface area contributed by atoms with Crippen molar-refractivity contribution in [2.24, 2.45) is 17.8 Å². The molecule has 0 aromatic carbocycles. The monoisotopic (exact) mass is 275 g/mol. The number of carboxylic acid groups (broad SMARTS) is 1. The molecule has 2 atom stereocenters. The van der Waals surface area contributed by atoms with Gasteiger partial charge in [0.05, 0.1) is 0 Å². The van der Waals surface area contributed by atoms with Crippen LogP contribution in [-0.2, 0) is 9.59 Å². The molecule has 0 saturated carbocycles. The summed E-state index contributed by atoms with van der Waals surface area (Å²) in [6.45, 7) is 7.94. The zero-order valence-corrected chi connectivity index (χ0v) is 12.5. The Labute approximate surface area is 115 Å². The highest BCUT2D eigenvalue weighted by Gasteiger charge is 2.25. The van der Waals surface area contributed by atoms with Gasteiger partial charge in [0.2, 0.25) is 5.91 Å². The van der Waals surface area contributed by atoms with Crippen LogP contribution in [-0.4, -0.2) is 28.8 Å². The summed E-state index contributed by atoms with van der Waals surface area (Å²) in [6.07, 6.45) is 1.17. The van der Waals surface area contributed by atoms with Gasteiger partial charge in [-0.25, -0.2) is 4.79 Å². The minimum absolute atomic E-state index is 0.202. The van der Waals surface area contributed by atoms with Crippen LogP contribution in [0.4, 0.5) is 0 Å². The Morgan fingerprint density at radius 2 is 1.61 bits per heavy atom. The number of hydrogen-bond acceptors (Lipinski definition) is 3. The molecule has 0 rings (SSSR count). The normalized spacial score (nSPS) is 14.6. The van der Waals surface area contributed by atoms with E-state index in [1.54, 1.807) is 0 Å². The summed E-state index contributed by atoms with van der Waals surface area (Å²) in [5, 5.41) is 11.7. The summed E-state index contributed by atoms with van der Waals surface area (Å²) in [5.41, 5.74) is 0. The maximum Gasteiger partial charge on any atom is 0.326 e. The molecule has 0 fully saturated rings. The zero-order valence-electron chi connectivity index (χ0n) is 11.6. The quantitative estimate of drug-likeness (QED) is 0.595. The van der Waals surface area contributed by atoms with Crippen molar-refractivity contribution < 1.29 is 14.7 Å². The molecule has 0 radical (unpaired) electrons. The smallest absolute Gasteiger partial charge is 0.326 e. The van der Waals surface area contributed by atoms with Gasteiger partial charge in [0.15, 0.2) is 0 Å². The molecule has 0 aliphatic rings. The lowest BCUT2D eigenvalue weighted by Crippen LogP contribution is -2.45. The summed E-state index contributed by atoms with van der Waals surface area (Å²) in [4.78, 5) is 23.1.